The Morgan fingerprint density at radius 3 is 2.58 bits per heavy atom. The molecule has 0 radical (unpaired) electrons. The number of pyridine rings is 1. The molecule has 124 valence electrons. The first-order chi connectivity index (χ1) is 11.4. The molecule has 1 aromatic carbocycles. The van der Waals surface area contributed by atoms with Gasteiger partial charge in [-0.05, 0) is 30.2 Å². The van der Waals surface area contributed by atoms with Gasteiger partial charge < -0.3 is 10.0 Å². The third kappa shape index (κ3) is 3.05. The van der Waals surface area contributed by atoms with Crippen molar-refractivity contribution in [3.05, 3.63) is 59.3 Å². The second kappa shape index (κ2) is 6.13. The number of benzene rings is 1. The fourth-order valence-electron chi connectivity index (χ4n) is 3.03. The predicted molar refractivity (Wildman–Crippen MR) is 81.1 cm³/mol. The fourth-order valence-corrected chi connectivity index (χ4v) is 3.03. The highest BCUT2D eigenvalue weighted by molar-refractivity contribution is 5.48. The van der Waals surface area contributed by atoms with Gasteiger partial charge in [0, 0.05) is 12.7 Å². The van der Waals surface area contributed by atoms with Crippen molar-refractivity contribution in [1.29, 1.82) is 5.26 Å². The van der Waals surface area contributed by atoms with Crippen LogP contribution in [0.4, 0.5) is 19.0 Å². The normalized spacial score (nSPS) is 20.9. The molecule has 0 saturated carbocycles. The number of halogens is 3. The Balaban J connectivity index is 2.01. The van der Waals surface area contributed by atoms with Gasteiger partial charge >= 0.3 is 6.18 Å². The lowest BCUT2D eigenvalue weighted by molar-refractivity contribution is -0.138. The van der Waals surface area contributed by atoms with Crippen LogP contribution in [0.1, 0.15) is 29.2 Å². The molecule has 1 aliphatic rings. The van der Waals surface area contributed by atoms with E-state index in [4.69, 9.17) is 5.26 Å². The van der Waals surface area contributed by atoms with E-state index in [9.17, 15) is 18.3 Å². The third-order valence-electron chi connectivity index (χ3n) is 4.08. The van der Waals surface area contributed by atoms with E-state index in [0.29, 0.717) is 11.4 Å². The van der Waals surface area contributed by atoms with Crippen molar-refractivity contribution in [2.24, 2.45) is 0 Å². The van der Waals surface area contributed by atoms with Gasteiger partial charge in [0.15, 0.2) is 0 Å². The van der Waals surface area contributed by atoms with Gasteiger partial charge in [-0.25, -0.2) is 4.98 Å². The fraction of sp³-hybridized carbons (Fsp3) is 0.294. The first kappa shape index (κ1) is 16.3. The number of anilines is 1. The van der Waals surface area contributed by atoms with E-state index in [1.165, 1.54) is 18.3 Å². The molecule has 0 unspecified atom stereocenters. The number of rotatable bonds is 2. The van der Waals surface area contributed by atoms with E-state index in [-0.39, 0.29) is 18.5 Å². The monoisotopic (exact) mass is 333 g/mol. The van der Waals surface area contributed by atoms with Crippen LogP contribution in [0.5, 0.6) is 0 Å². The molecule has 0 bridgehead atoms. The Morgan fingerprint density at radius 2 is 1.96 bits per heavy atom. The van der Waals surface area contributed by atoms with Gasteiger partial charge in [-0.2, -0.15) is 18.4 Å². The summed E-state index contributed by atoms with van der Waals surface area (Å²) in [4.78, 5) is 5.79. The van der Waals surface area contributed by atoms with Crippen molar-refractivity contribution < 1.29 is 18.3 Å². The second-order valence-corrected chi connectivity index (χ2v) is 5.66. The number of aromatic nitrogens is 1. The number of hydrogen-bond donors (Lipinski definition) is 1. The molecule has 1 fully saturated rings. The molecule has 7 heteroatoms. The number of aliphatic hydroxyl groups excluding tert-OH is 1. The second-order valence-electron chi connectivity index (χ2n) is 5.66. The summed E-state index contributed by atoms with van der Waals surface area (Å²) in [7, 11) is 0. The summed E-state index contributed by atoms with van der Waals surface area (Å²) in [5.41, 5.74) is -0.221. The van der Waals surface area contributed by atoms with Crippen molar-refractivity contribution in [2.75, 3.05) is 11.4 Å². The average Bonchev–Trinajstić information content (AvgIpc) is 2.96. The summed E-state index contributed by atoms with van der Waals surface area (Å²) in [6.07, 6.45) is -3.65. The molecular weight excluding hydrogens is 319 g/mol. The largest absolute Gasteiger partial charge is 0.416 e. The maximum Gasteiger partial charge on any atom is 0.416 e. The van der Waals surface area contributed by atoms with Gasteiger partial charge in [-0.15, -0.1) is 0 Å². The van der Waals surface area contributed by atoms with Crippen molar-refractivity contribution in [2.45, 2.75) is 24.7 Å². The Morgan fingerprint density at radius 1 is 1.21 bits per heavy atom. The highest BCUT2D eigenvalue weighted by Gasteiger charge is 2.40. The number of hydrogen-bond acceptors (Lipinski definition) is 4. The Kier molecular flexibility index (Phi) is 4.16. The topological polar surface area (TPSA) is 60.2 Å². The first-order valence-electron chi connectivity index (χ1n) is 7.37. The van der Waals surface area contributed by atoms with Crippen LogP contribution in [-0.2, 0) is 6.18 Å². The minimum atomic E-state index is -4.46. The van der Waals surface area contributed by atoms with E-state index in [2.05, 4.69) is 4.98 Å². The zero-order valence-electron chi connectivity index (χ0n) is 12.5. The van der Waals surface area contributed by atoms with E-state index >= 15 is 0 Å². The predicted octanol–water partition coefficient (Wildman–Crippen LogP) is 3.28. The van der Waals surface area contributed by atoms with Crippen molar-refractivity contribution in [3.63, 3.8) is 0 Å². The number of nitriles is 1. The summed E-state index contributed by atoms with van der Waals surface area (Å²) < 4.78 is 39.9. The smallest absolute Gasteiger partial charge is 0.391 e. The highest BCUT2D eigenvalue weighted by atomic mass is 19.4. The molecule has 1 aromatic heterocycles. The molecule has 1 aliphatic heterocycles. The van der Waals surface area contributed by atoms with E-state index in [1.54, 1.807) is 23.1 Å². The number of β-amino-alcohol motifs (C(OH)–C–C–N with tert-alkyl or cyclic N) is 1. The van der Waals surface area contributed by atoms with Gasteiger partial charge in [0.05, 0.1) is 23.3 Å². The molecule has 0 spiro atoms. The van der Waals surface area contributed by atoms with Crippen LogP contribution in [0.3, 0.4) is 0 Å². The molecule has 4 nitrogen and oxygen atoms in total. The highest BCUT2D eigenvalue weighted by Crippen LogP contribution is 2.41. The molecular formula is C17H14F3N3O. The minimum absolute atomic E-state index is 0.118. The lowest BCUT2D eigenvalue weighted by atomic mass is 9.97. The molecule has 3 rings (SSSR count). The lowest BCUT2D eigenvalue weighted by Gasteiger charge is -2.27. The number of nitrogens with zero attached hydrogens (tertiary/aromatic N) is 3. The summed E-state index contributed by atoms with van der Waals surface area (Å²) in [5.74, 6) is 0.438. The van der Waals surface area contributed by atoms with Crippen LogP contribution in [0.15, 0.2) is 42.6 Å². The van der Waals surface area contributed by atoms with Crippen molar-refractivity contribution >= 4 is 5.82 Å². The van der Waals surface area contributed by atoms with E-state index < -0.39 is 23.9 Å². The van der Waals surface area contributed by atoms with Crippen LogP contribution < -0.4 is 4.90 Å². The first-order valence-corrected chi connectivity index (χ1v) is 7.37. The summed E-state index contributed by atoms with van der Waals surface area (Å²) in [6.45, 7) is 0.190. The zero-order chi connectivity index (χ0) is 17.3. The Hall–Kier alpha value is -2.59. The maximum atomic E-state index is 13.3. The zero-order valence-corrected chi connectivity index (χ0v) is 12.5. The molecule has 2 heterocycles. The number of alkyl halides is 3. The standard InChI is InChI=1S/C17H14F3N3O/c18-17(19,20)14-4-2-1-3-13(14)15-7-12(24)10-23(15)16-6-5-11(8-21)9-22-16/h1-6,9,12,15,24H,7,10H2/t12-,15-/m0/s1. The van der Waals surface area contributed by atoms with Gasteiger partial charge in [-0.3, -0.25) is 0 Å². The Labute approximate surface area is 136 Å². The average molecular weight is 333 g/mol. The van der Waals surface area contributed by atoms with Gasteiger partial charge in [0.2, 0.25) is 0 Å². The molecule has 0 aliphatic carbocycles. The summed E-state index contributed by atoms with van der Waals surface area (Å²) in [5, 5.41) is 18.8. The Bertz CT molecular complexity index is 768. The van der Waals surface area contributed by atoms with Crippen LogP contribution in [0.25, 0.3) is 0 Å². The van der Waals surface area contributed by atoms with Crippen LogP contribution in [0, 0.1) is 11.3 Å². The summed E-state index contributed by atoms with van der Waals surface area (Å²) in [6, 6.07) is 9.84. The quantitative estimate of drug-likeness (QED) is 0.916. The van der Waals surface area contributed by atoms with Gasteiger partial charge in [0.25, 0.3) is 0 Å². The molecule has 0 amide bonds. The van der Waals surface area contributed by atoms with Crippen molar-refractivity contribution in [1.82, 2.24) is 4.98 Å². The number of aliphatic hydroxyl groups is 1. The van der Waals surface area contributed by atoms with E-state index in [1.807, 2.05) is 6.07 Å². The molecule has 1 saturated heterocycles. The van der Waals surface area contributed by atoms with Crippen LogP contribution >= 0.6 is 0 Å². The molecule has 24 heavy (non-hydrogen) atoms. The minimum Gasteiger partial charge on any atom is -0.391 e. The van der Waals surface area contributed by atoms with Gasteiger partial charge in [0.1, 0.15) is 11.9 Å². The summed E-state index contributed by atoms with van der Waals surface area (Å²) >= 11 is 0. The van der Waals surface area contributed by atoms with Gasteiger partial charge in [-0.1, -0.05) is 18.2 Å². The molecule has 2 atom stereocenters. The molecule has 2 aromatic rings. The SMILES string of the molecule is N#Cc1ccc(N2C[C@@H](O)C[C@H]2c2ccccc2C(F)(F)F)nc1. The van der Waals surface area contributed by atoms with Crippen LogP contribution in [0.2, 0.25) is 0 Å². The van der Waals surface area contributed by atoms with E-state index in [0.717, 1.165) is 6.07 Å². The van der Waals surface area contributed by atoms with Crippen LogP contribution in [-0.4, -0.2) is 22.7 Å². The third-order valence-corrected chi connectivity index (χ3v) is 4.08. The maximum absolute atomic E-state index is 13.3. The van der Waals surface area contributed by atoms with Crippen molar-refractivity contribution in [3.8, 4) is 6.07 Å². The molecule has 1 N–H and O–H groups in total. The lowest BCUT2D eigenvalue weighted by Crippen LogP contribution is -2.26.